The predicted octanol–water partition coefficient (Wildman–Crippen LogP) is 4.24. The molecule has 9 heteroatoms. The molecular formula is C31H34N2O7. The number of hydrogen-bond donors (Lipinski definition) is 1. The Morgan fingerprint density at radius 3 is 2.02 bits per heavy atom. The molecule has 0 saturated heterocycles. The number of hydrogen-bond acceptors (Lipinski definition) is 8. The molecule has 1 unspecified atom stereocenters. The number of amides is 1. The van der Waals surface area contributed by atoms with Crippen molar-refractivity contribution in [2.45, 2.75) is 52.2 Å². The van der Waals surface area contributed by atoms with E-state index < -0.39 is 36.8 Å². The van der Waals surface area contributed by atoms with Crippen LogP contribution in [0.25, 0.3) is 0 Å². The maximum atomic E-state index is 13.1. The van der Waals surface area contributed by atoms with Gasteiger partial charge in [0.05, 0.1) is 5.92 Å². The van der Waals surface area contributed by atoms with E-state index in [2.05, 4.69) is 10.3 Å². The van der Waals surface area contributed by atoms with Crippen LogP contribution < -0.4 is 10.1 Å². The zero-order chi connectivity index (χ0) is 29.1. The SMILES string of the molecule is CC(C)C(=O)OCOc1c(CC=O)ccnc1C(=O)N[C@@H](C)C(=O)OC(C)C(c1ccccc1)c1ccccc1. The first-order valence-corrected chi connectivity index (χ1v) is 13.0. The van der Waals surface area contributed by atoms with Crippen molar-refractivity contribution < 1.29 is 33.4 Å². The maximum Gasteiger partial charge on any atom is 0.328 e. The molecule has 2 aromatic carbocycles. The lowest BCUT2D eigenvalue weighted by atomic mass is 9.87. The second-order valence-electron chi connectivity index (χ2n) is 9.54. The molecular weight excluding hydrogens is 512 g/mol. The summed E-state index contributed by atoms with van der Waals surface area (Å²) in [5.74, 6) is -2.42. The molecule has 2 atom stereocenters. The van der Waals surface area contributed by atoms with E-state index >= 15 is 0 Å². The molecule has 0 aliphatic rings. The minimum Gasteiger partial charge on any atom is -0.460 e. The van der Waals surface area contributed by atoms with Crippen LogP contribution in [-0.4, -0.2) is 48.1 Å². The van der Waals surface area contributed by atoms with Crippen LogP contribution in [0.5, 0.6) is 5.75 Å². The number of aromatic nitrogens is 1. The molecule has 0 aliphatic heterocycles. The van der Waals surface area contributed by atoms with E-state index in [1.807, 2.05) is 67.6 Å². The molecule has 40 heavy (non-hydrogen) atoms. The van der Waals surface area contributed by atoms with Crippen LogP contribution in [0.2, 0.25) is 0 Å². The molecule has 1 amide bonds. The predicted molar refractivity (Wildman–Crippen MR) is 148 cm³/mol. The Bertz CT molecular complexity index is 1260. The van der Waals surface area contributed by atoms with Crippen LogP contribution in [0.15, 0.2) is 72.9 Å². The molecule has 0 fully saturated rings. The Morgan fingerprint density at radius 1 is 0.875 bits per heavy atom. The normalized spacial score (nSPS) is 12.3. The van der Waals surface area contributed by atoms with Gasteiger partial charge in [-0.05, 0) is 31.0 Å². The van der Waals surface area contributed by atoms with Gasteiger partial charge in [-0.3, -0.25) is 9.59 Å². The minimum atomic E-state index is -1.02. The quantitative estimate of drug-likeness (QED) is 0.192. The van der Waals surface area contributed by atoms with Crippen LogP contribution >= 0.6 is 0 Å². The first kappa shape index (κ1) is 30.0. The molecule has 1 heterocycles. The summed E-state index contributed by atoms with van der Waals surface area (Å²) in [6, 6.07) is 20.0. The van der Waals surface area contributed by atoms with E-state index in [-0.39, 0.29) is 29.7 Å². The molecule has 3 aromatic rings. The Hall–Kier alpha value is -4.53. The van der Waals surface area contributed by atoms with Gasteiger partial charge in [0, 0.05) is 24.1 Å². The fraction of sp³-hybridized carbons (Fsp3) is 0.323. The number of nitrogens with zero attached hydrogens (tertiary/aromatic N) is 1. The lowest BCUT2D eigenvalue weighted by molar-refractivity contribution is -0.154. The summed E-state index contributed by atoms with van der Waals surface area (Å²) < 4.78 is 16.4. The van der Waals surface area contributed by atoms with Crippen molar-refractivity contribution in [3.63, 3.8) is 0 Å². The standard InChI is InChI=1S/C31H34N2O7/c1-20(2)30(36)39-19-38-28-25(16-18-34)15-17-32-27(28)29(35)33-21(3)31(37)40-22(4)26(23-11-7-5-8-12-23)24-13-9-6-10-14-24/h5-15,17-18,20-22,26H,16,19H2,1-4H3,(H,33,35)/t21-,22?/m0/s1. The Balaban J connectivity index is 1.73. The Morgan fingerprint density at radius 2 is 1.48 bits per heavy atom. The molecule has 0 saturated carbocycles. The van der Waals surface area contributed by atoms with Crippen molar-refractivity contribution in [1.82, 2.24) is 10.3 Å². The van der Waals surface area contributed by atoms with Gasteiger partial charge in [0.25, 0.3) is 5.91 Å². The fourth-order valence-corrected chi connectivity index (χ4v) is 4.11. The number of rotatable bonds is 13. The largest absolute Gasteiger partial charge is 0.460 e. The van der Waals surface area contributed by atoms with Crippen LogP contribution in [0.4, 0.5) is 0 Å². The molecule has 0 spiro atoms. The van der Waals surface area contributed by atoms with Crippen molar-refractivity contribution in [3.8, 4) is 5.75 Å². The van der Waals surface area contributed by atoms with Gasteiger partial charge in [0.15, 0.2) is 11.4 Å². The van der Waals surface area contributed by atoms with Crippen molar-refractivity contribution >= 4 is 24.1 Å². The highest BCUT2D eigenvalue weighted by molar-refractivity contribution is 5.97. The molecule has 9 nitrogen and oxygen atoms in total. The van der Waals surface area contributed by atoms with E-state index in [0.717, 1.165) is 11.1 Å². The lowest BCUT2D eigenvalue weighted by Gasteiger charge is -2.26. The van der Waals surface area contributed by atoms with Gasteiger partial charge in [0.2, 0.25) is 6.79 Å². The smallest absolute Gasteiger partial charge is 0.328 e. The molecule has 1 aromatic heterocycles. The highest BCUT2D eigenvalue weighted by Gasteiger charge is 2.28. The summed E-state index contributed by atoms with van der Waals surface area (Å²) in [6.07, 6.45) is 1.42. The molecule has 0 bridgehead atoms. The van der Waals surface area contributed by atoms with Crippen molar-refractivity contribution in [2.75, 3.05) is 6.79 Å². The second kappa shape index (κ2) is 14.6. The van der Waals surface area contributed by atoms with E-state index in [1.54, 1.807) is 13.8 Å². The molecule has 0 aliphatic carbocycles. The van der Waals surface area contributed by atoms with E-state index in [1.165, 1.54) is 19.2 Å². The number of carbonyl (C=O) groups excluding carboxylic acids is 4. The van der Waals surface area contributed by atoms with Gasteiger partial charge >= 0.3 is 11.9 Å². The third kappa shape index (κ3) is 7.99. The number of nitrogens with one attached hydrogen (secondary N) is 1. The van der Waals surface area contributed by atoms with Crippen molar-refractivity contribution in [1.29, 1.82) is 0 Å². The zero-order valence-electron chi connectivity index (χ0n) is 23.0. The van der Waals surface area contributed by atoms with Crippen molar-refractivity contribution in [2.24, 2.45) is 5.92 Å². The van der Waals surface area contributed by atoms with E-state index in [4.69, 9.17) is 14.2 Å². The third-order valence-corrected chi connectivity index (χ3v) is 6.17. The van der Waals surface area contributed by atoms with Gasteiger partial charge in [-0.1, -0.05) is 74.5 Å². The van der Waals surface area contributed by atoms with Crippen LogP contribution in [0, 0.1) is 5.92 Å². The van der Waals surface area contributed by atoms with Gasteiger partial charge in [0.1, 0.15) is 18.4 Å². The average molecular weight is 547 g/mol. The molecule has 210 valence electrons. The van der Waals surface area contributed by atoms with Crippen LogP contribution in [0.1, 0.15) is 60.8 Å². The van der Waals surface area contributed by atoms with Gasteiger partial charge in [-0.2, -0.15) is 0 Å². The number of aldehydes is 1. The minimum absolute atomic E-state index is 0.00851. The van der Waals surface area contributed by atoms with Crippen LogP contribution in [-0.2, 0) is 30.3 Å². The number of benzene rings is 2. The average Bonchev–Trinajstić information content (AvgIpc) is 2.94. The van der Waals surface area contributed by atoms with Crippen molar-refractivity contribution in [3.05, 3.63) is 95.3 Å². The summed E-state index contributed by atoms with van der Waals surface area (Å²) >= 11 is 0. The zero-order valence-corrected chi connectivity index (χ0v) is 23.0. The highest BCUT2D eigenvalue weighted by atomic mass is 16.7. The van der Waals surface area contributed by atoms with Gasteiger partial charge in [-0.25, -0.2) is 9.78 Å². The first-order valence-electron chi connectivity index (χ1n) is 13.0. The molecule has 0 radical (unpaired) electrons. The monoisotopic (exact) mass is 546 g/mol. The number of ether oxygens (including phenoxy) is 3. The summed E-state index contributed by atoms with van der Waals surface area (Å²) in [7, 11) is 0. The first-order chi connectivity index (χ1) is 19.2. The highest BCUT2D eigenvalue weighted by Crippen LogP contribution is 2.30. The van der Waals surface area contributed by atoms with Gasteiger partial charge < -0.3 is 24.3 Å². The summed E-state index contributed by atoms with van der Waals surface area (Å²) in [5, 5.41) is 2.59. The van der Waals surface area contributed by atoms with Crippen LogP contribution in [0.3, 0.4) is 0 Å². The third-order valence-electron chi connectivity index (χ3n) is 6.17. The molecule has 1 N–H and O–H groups in total. The maximum absolute atomic E-state index is 13.1. The summed E-state index contributed by atoms with van der Waals surface area (Å²) in [5.41, 5.74) is 2.20. The number of pyridine rings is 1. The fourth-order valence-electron chi connectivity index (χ4n) is 4.11. The van der Waals surface area contributed by atoms with E-state index in [9.17, 15) is 19.2 Å². The summed E-state index contributed by atoms with van der Waals surface area (Å²) in [6.45, 7) is 6.20. The number of esters is 2. The topological polar surface area (TPSA) is 121 Å². The number of carbonyl (C=O) groups is 4. The second-order valence-corrected chi connectivity index (χ2v) is 9.54. The Kier molecular flexibility index (Phi) is 10.9. The summed E-state index contributed by atoms with van der Waals surface area (Å²) in [4.78, 5) is 53.3. The van der Waals surface area contributed by atoms with E-state index in [0.29, 0.717) is 11.8 Å². The lowest BCUT2D eigenvalue weighted by Crippen LogP contribution is -2.41. The Labute approximate surface area is 233 Å². The molecule has 3 rings (SSSR count). The van der Waals surface area contributed by atoms with Gasteiger partial charge in [-0.15, -0.1) is 0 Å².